The summed E-state index contributed by atoms with van der Waals surface area (Å²) in [6.45, 7) is 7.94. The Morgan fingerprint density at radius 1 is 1.16 bits per heavy atom. The summed E-state index contributed by atoms with van der Waals surface area (Å²) >= 11 is 0. The van der Waals surface area contributed by atoms with E-state index in [0.717, 1.165) is 35.8 Å². The molecule has 4 nitrogen and oxygen atoms in total. The minimum absolute atomic E-state index is 0. The molecule has 1 N–H and O–H groups in total. The average molecular weight is 362 g/mol. The van der Waals surface area contributed by atoms with Crippen molar-refractivity contribution in [3.8, 4) is 5.75 Å². The van der Waals surface area contributed by atoms with E-state index in [0.29, 0.717) is 0 Å². The maximum Gasteiger partial charge on any atom is 0.144 e. The van der Waals surface area contributed by atoms with Gasteiger partial charge < -0.3 is 15.0 Å². The molecule has 25 heavy (non-hydrogen) atoms. The van der Waals surface area contributed by atoms with Gasteiger partial charge in [0.05, 0.1) is 24.8 Å². The number of nitrogens with one attached hydrogen (secondary N) is 1. The SMILES string of the molecule is CCN(C)/C=N/c1cc(OC)c(NCc2ccc(C)cc2)cc1C.Cl. The van der Waals surface area contributed by atoms with Crippen LogP contribution in [-0.4, -0.2) is 31.9 Å². The van der Waals surface area contributed by atoms with E-state index in [1.54, 1.807) is 7.11 Å². The summed E-state index contributed by atoms with van der Waals surface area (Å²) < 4.78 is 5.53. The molecular formula is C20H28ClN3O. The fraction of sp³-hybridized carbons (Fsp3) is 0.350. The molecule has 0 unspecified atom stereocenters. The van der Waals surface area contributed by atoms with Gasteiger partial charge >= 0.3 is 0 Å². The van der Waals surface area contributed by atoms with Crippen molar-refractivity contribution in [1.82, 2.24) is 4.90 Å². The van der Waals surface area contributed by atoms with Crippen molar-refractivity contribution >= 4 is 30.1 Å². The van der Waals surface area contributed by atoms with Gasteiger partial charge in [0.15, 0.2) is 0 Å². The van der Waals surface area contributed by atoms with Crippen molar-refractivity contribution in [2.24, 2.45) is 4.99 Å². The van der Waals surface area contributed by atoms with Gasteiger partial charge in [-0.2, -0.15) is 0 Å². The van der Waals surface area contributed by atoms with E-state index in [4.69, 9.17) is 4.74 Å². The average Bonchev–Trinajstić information content (AvgIpc) is 2.60. The second kappa shape index (κ2) is 9.94. The number of ether oxygens (including phenoxy) is 1. The summed E-state index contributed by atoms with van der Waals surface area (Å²) in [5.41, 5.74) is 5.53. The van der Waals surface area contributed by atoms with E-state index in [-0.39, 0.29) is 12.4 Å². The summed E-state index contributed by atoms with van der Waals surface area (Å²) in [6, 6.07) is 12.6. The maximum atomic E-state index is 5.53. The third-order valence-electron chi connectivity index (χ3n) is 4.01. The zero-order valence-corrected chi connectivity index (χ0v) is 16.5. The lowest BCUT2D eigenvalue weighted by atomic mass is 10.1. The van der Waals surface area contributed by atoms with Crippen molar-refractivity contribution in [3.05, 3.63) is 53.1 Å². The van der Waals surface area contributed by atoms with Crippen molar-refractivity contribution in [1.29, 1.82) is 0 Å². The van der Waals surface area contributed by atoms with E-state index in [1.165, 1.54) is 11.1 Å². The first kappa shape index (κ1) is 20.8. The second-order valence-corrected chi connectivity index (χ2v) is 6.00. The van der Waals surface area contributed by atoms with Crippen molar-refractivity contribution < 1.29 is 4.74 Å². The number of aryl methyl sites for hydroxylation is 2. The van der Waals surface area contributed by atoms with Gasteiger partial charge in [-0.25, -0.2) is 4.99 Å². The molecular weight excluding hydrogens is 334 g/mol. The normalized spacial score (nSPS) is 10.4. The number of nitrogens with zero attached hydrogens (tertiary/aromatic N) is 2. The molecule has 0 atom stereocenters. The van der Waals surface area contributed by atoms with Gasteiger partial charge in [0, 0.05) is 26.2 Å². The van der Waals surface area contributed by atoms with Crippen LogP contribution in [-0.2, 0) is 6.54 Å². The highest BCUT2D eigenvalue weighted by atomic mass is 35.5. The lowest BCUT2D eigenvalue weighted by molar-refractivity contribution is 0.416. The molecule has 0 bridgehead atoms. The molecule has 0 aliphatic carbocycles. The molecule has 2 aromatic carbocycles. The highest BCUT2D eigenvalue weighted by Gasteiger charge is 2.07. The highest BCUT2D eigenvalue weighted by Crippen LogP contribution is 2.33. The van der Waals surface area contributed by atoms with Crippen LogP contribution < -0.4 is 10.1 Å². The molecule has 0 amide bonds. The predicted octanol–water partition coefficient (Wildman–Crippen LogP) is 4.96. The lowest BCUT2D eigenvalue weighted by Gasteiger charge is -2.14. The first-order valence-electron chi connectivity index (χ1n) is 8.26. The molecule has 2 aromatic rings. The Labute approximate surface area is 157 Å². The predicted molar refractivity (Wildman–Crippen MR) is 110 cm³/mol. The number of rotatable bonds is 7. The minimum Gasteiger partial charge on any atom is -0.495 e. The monoisotopic (exact) mass is 361 g/mol. The van der Waals surface area contributed by atoms with Crippen LogP contribution in [0.4, 0.5) is 11.4 Å². The summed E-state index contributed by atoms with van der Waals surface area (Å²) in [5, 5.41) is 3.46. The Hall–Kier alpha value is -2.20. The number of hydrogen-bond acceptors (Lipinski definition) is 3. The van der Waals surface area contributed by atoms with Crippen LogP contribution in [0, 0.1) is 13.8 Å². The Kier molecular flexibility index (Phi) is 8.29. The van der Waals surface area contributed by atoms with Gasteiger partial charge in [0.1, 0.15) is 5.75 Å². The number of hydrogen-bond donors (Lipinski definition) is 1. The number of aliphatic imine (C=N–C) groups is 1. The molecule has 0 fully saturated rings. The third-order valence-corrected chi connectivity index (χ3v) is 4.01. The lowest BCUT2D eigenvalue weighted by Crippen LogP contribution is -2.14. The molecule has 0 aliphatic rings. The number of anilines is 1. The van der Waals surface area contributed by atoms with E-state index in [9.17, 15) is 0 Å². The Balaban J connectivity index is 0.00000312. The molecule has 0 heterocycles. The smallest absolute Gasteiger partial charge is 0.144 e. The third kappa shape index (κ3) is 5.98. The van der Waals surface area contributed by atoms with E-state index in [1.807, 2.05) is 24.4 Å². The molecule has 0 aliphatic heterocycles. The van der Waals surface area contributed by atoms with Crippen LogP contribution in [0.3, 0.4) is 0 Å². The van der Waals surface area contributed by atoms with Crippen molar-refractivity contribution in [2.45, 2.75) is 27.3 Å². The molecule has 5 heteroatoms. The number of benzene rings is 2. The molecule has 0 spiro atoms. The van der Waals surface area contributed by atoms with Crippen LogP contribution in [0.2, 0.25) is 0 Å². The summed E-state index contributed by atoms with van der Waals surface area (Å²) in [4.78, 5) is 6.58. The van der Waals surface area contributed by atoms with E-state index >= 15 is 0 Å². The first-order valence-corrected chi connectivity index (χ1v) is 8.26. The first-order chi connectivity index (χ1) is 11.5. The molecule has 0 radical (unpaired) electrons. The van der Waals surface area contributed by atoms with Gasteiger partial charge in [0.25, 0.3) is 0 Å². The molecule has 0 saturated carbocycles. The summed E-state index contributed by atoms with van der Waals surface area (Å²) in [7, 11) is 3.70. The van der Waals surface area contributed by atoms with Gasteiger partial charge in [-0.3, -0.25) is 0 Å². The van der Waals surface area contributed by atoms with Gasteiger partial charge in [-0.05, 0) is 38.0 Å². The highest BCUT2D eigenvalue weighted by molar-refractivity contribution is 5.85. The topological polar surface area (TPSA) is 36.9 Å². The molecule has 136 valence electrons. The van der Waals surface area contributed by atoms with Crippen molar-refractivity contribution in [2.75, 3.05) is 26.0 Å². The van der Waals surface area contributed by atoms with Crippen LogP contribution >= 0.6 is 12.4 Å². The Morgan fingerprint density at radius 3 is 2.44 bits per heavy atom. The minimum atomic E-state index is 0. The van der Waals surface area contributed by atoms with E-state index < -0.39 is 0 Å². The fourth-order valence-electron chi connectivity index (χ4n) is 2.27. The van der Waals surface area contributed by atoms with Gasteiger partial charge in [-0.1, -0.05) is 29.8 Å². The molecule has 0 aromatic heterocycles. The molecule has 2 rings (SSSR count). The summed E-state index contributed by atoms with van der Waals surface area (Å²) in [6.07, 6.45) is 1.85. The van der Waals surface area contributed by atoms with Crippen LogP contribution in [0.5, 0.6) is 5.75 Å². The van der Waals surface area contributed by atoms with Gasteiger partial charge in [0.2, 0.25) is 0 Å². The largest absolute Gasteiger partial charge is 0.495 e. The van der Waals surface area contributed by atoms with Crippen LogP contribution in [0.1, 0.15) is 23.6 Å². The quantitative estimate of drug-likeness (QED) is 0.559. The number of halogens is 1. The van der Waals surface area contributed by atoms with Crippen LogP contribution in [0.25, 0.3) is 0 Å². The van der Waals surface area contributed by atoms with Gasteiger partial charge in [-0.15, -0.1) is 12.4 Å². The van der Waals surface area contributed by atoms with Crippen molar-refractivity contribution in [3.63, 3.8) is 0 Å². The molecule has 0 saturated heterocycles. The Bertz CT molecular complexity index is 699. The fourth-order valence-corrected chi connectivity index (χ4v) is 2.27. The maximum absolute atomic E-state index is 5.53. The number of methoxy groups -OCH3 is 1. The van der Waals surface area contributed by atoms with E-state index in [2.05, 4.69) is 61.4 Å². The zero-order chi connectivity index (χ0) is 17.5. The summed E-state index contributed by atoms with van der Waals surface area (Å²) in [5.74, 6) is 0.805. The Morgan fingerprint density at radius 2 is 1.84 bits per heavy atom. The standard InChI is InChI=1S/C20H27N3O.ClH/c1-6-23(4)14-22-18-12-20(24-5)19(11-16(18)3)21-13-17-9-7-15(2)8-10-17;/h7-12,14,21H,6,13H2,1-5H3;1H/b22-14+;. The van der Waals surface area contributed by atoms with Crippen LogP contribution in [0.15, 0.2) is 41.4 Å². The second-order valence-electron chi connectivity index (χ2n) is 6.00. The zero-order valence-electron chi connectivity index (χ0n) is 15.7.